The Balaban J connectivity index is 1.36. The molecule has 4 aromatic rings. The van der Waals surface area contributed by atoms with E-state index < -0.39 is 11.7 Å². The first kappa shape index (κ1) is 22.8. The Kier molecular flexibility index (Phi) is 6.67. The fourth-order valence-electron chi connectivity index (χ4n) is 3.23. The van der Waals surface area contributed by atoms with E-state index in [4.69, 9.17) is 27.9 Å². The maximum Gasteiger partial charge on any atom is 0.277 e. The molecule has 2 aromatic carbocycles. The van der Waals surface area contributed by atoms with Crippen LogP contribution in [-0.4, -0.2) is 25.5 Å². The molecule has 0 aliphatic heterocycles. The minimum Gasteiger partial charge on any atom is -0.471 e. The van der Waals surface area contributed by atoms with Crippen molar-refractivity contribution in [3.63, 3.8) is 0 Å². The number of aryl methyl sites for hydroxylation is 2. The van der Waals surface area contributed by atoms with Crippen LogP contribution in [0.2, 0.25) is 10.0 Å². The van der Waals surface area contributed by atoms with Gasteiger partial charge in [-0.25, -0.2) is 9.07 Å². The highest BCUT2D eigenvalue weighted by molar-refractivity contribution is 6.32. The molecule has 0 saturated carbocycles. The van der Waals surface area contributed by atoms with E-state index in [0.29, 0.717) is 27.2 Å². The second-order valence-electron chi connectivity index (χ2n) is 7.44. The molecule has 10 heteroatoms. The molecule has 4 rings (SSSR count). The molecule has 0 atom stereocenters. The smallest absolute Gasteiger partial charge is 0.277 e. The van der Waals surface area contributed by atoms with E-state index in [2.05, 4.69) is 15.5 Å². The maximum absolute atomic E-state index is 14.0. The number of carbonyl (C=O) groups is 1. The number of halogens is 3. The summed E-state index contributed by atoms with van der Waals surface area (Å²) >= 11 is 12.2. The summed E-state index contributed by atoms with van der Waals surface area (Å²) in [6.45, 7) is 4.08. The van der Waals surface area contributed by atoms with Crippen LogP contribution < -0.4 is 10.1 Å². The lowest BCUT2D eigenvalue weighted by Crippen LogP contribution is -2.15. The van der Waals surface area contributed by atoms with Gasteiger partial charge in [-0.05, 0) is 55.3 Å². The largest absolute Gasteiger partial charge is 0.471 e. The molecule has 33 heavy (non-hydrogen) atoms. The predicted molar refractivity (Wildman–Crippen MR) is 124 cm³/mol. The van der Waals surface area contributed by atoms with Crippen molar-refractivity contribution in [1.29, 1.82) is 0 Å². The van der Waals surface area contributed by atoms with Crippen molar-refractivity contribution in [2.24, 2.45) is 0 Å². The first-order valence-electron chi connectivity index (χ1n) is 10.0. The van der Waals surface area contributed by atoms with Crippen LogP contribution in [0.15, 0.2) is 54.9 Å². The molecule has 1 amide bonds. The number of benzene rings is 2. The third-order valence-corrected chi connectivity index (χ3v) is 5.86. The molecule has 0 aliphatic rings. The molecular formula is C23H20Cl2FN5O2. The number of aromatic nitrogens is 4. The van der Waals surface area contributed by atoms with Gasteiger partial charge in [-0.2, -0.15) is 10.2 Å². The van der Waals surface area contributed by atoms with Crippen molar-refractivity contribution in [3.05, 3.63) is 93.1 Å². The average molecular weight is 488 g/mol. The van der Waals surface area contributed by atoms with Gasteiger partial charge in [0.25, 0.3) is 5.91 Å². The third-order valence-electron chi connectivity index (χ3n) is 4.91. The van der Waals surface area contributed by atoms with Crippen LogP contribution in [0.25, 0.3) is 0 Å². The SMILES string of the molecule is Cc1cc(OCn2ccc(C(=O)Nc3ccn(Cc4c(F)cccc4Cl)n3)n2)cc(C)c1Cl. The van der Waals surface area contributed by atoms with Crippen molar-refractivity contribution < 1.29 is 13.9 Å². The summed E-state index contributed by atoms with van der Waals surface area (Å²) in [5, 5.41) is 12.2. The molecule has 0 bridgehead atoms. The Hall–Kier alpha value is -3.36. The summed E-state index contributed by atoms with van der Waals surface area (Å²) < 4.78 is 22.7. The summed E-state index contributed by atoms with van der Waals surface area (Å²) in [6.07, 6.45) is 3.27. The topological polar surface area (TPSA) is 74.0 Å². The molecule has 7 nitrogen and oxygen atoms in total. The highest BCUT2D eigenvalue weighted by Crippen LogP contribution is 2.26. The van der Waals surface area contributed by atoms with Crippen LogP contribution in [0.4, 0.5) is 10.2 Å². The van der Waals surface area contributed by atoms with Gasteiger partial charge in [-0.3, -0.25) is 9.48 Å². The van der Waals surface area contributed by atoms with E-state index in [1.165, 1.54) is 21.5 Å². The van der Waals surface area contributed by atoms with Crippen LogP contribution in [0.3, 0.4) is 0 Å². The maximum atomic E-state index is 14.0. The summed E-state index contributed by atoms with van der Waals surface area (Å²) in [5.74, 6) is 0.128. The molecule has 170 valence electrons. The van der Waals surface area contributed by atoms with E-state index in [0.717, 1.165) is 11.1 Å². The van der Waals surface area contributed by atoms with Crippen LogP contribution in [-0.2, 0) is 13.3 Å². The van der Waals surface area contributed by atoms with E-state index >= 15 is 0 Å². The van der Waals surface area contributed by atoms with Gasteiger partial charge in [0.05, 0.1) is 6.54 Å². The fraction of sp³-hybridized carbons (Fsp3) is 0.174. The first-order valence-corrected chi connectivity index (χ1v) is 10.8. The monoisotopic (exact) mass is 487 g/mol. The number of nitrogens with zero attached hydrogens (tertiary/aromatic N) is 4. The minimum atomic E-state index is -0.430. The standard InChI is InChI=1S/C23H20Cl2FN5O2/c1-14-10-16(11-15(2)22(14)25)33-13-31-8-6-20(28-31)23(32)27-21-7-9-30(29-21)12-17-18(24)4-3-5-19(17)26/h3-11H,12-13H2,1-2H3,(H,27,29,32). The Bertz CT molecular complexity index is 1270. The van der Waals surface area contributed by atoms with Crippen molar-refractivity contribution in [1.82, 2.24) is 19.6 Å². The van der Waals surface area contributed by atoms with Crippen molar-refractivity contribution >= 4 is 34.9 Å². The number of ether oxygens (including phenoxy) is 1. The van der Waals surface area contributed by atoms with Crippen LogP contribution in [0, 0.1) is 19.7 Å². The van der Waals surface area contributed by atoms with Gasteiger partial charge in [-0.1, -0.05) is 29.3 Å². The van der Waals surface area contributed by atoms with Crippen LogP contribution in [0.5, 0.6) is 5.75 Å². The number of rotatable bonds is 7. The Morgan fingerprint density at radius 2 is 1.79 bits per heavy atom. The summed E-state index contributed by atoms with van der Waals surface area (Å²) in [6, 6.07) is 11.4. The first-order chi connectivity index (χ1) is 15.8. The van der Waals surface area contributed by atoms with Gasteiger partial charge in [0.15, 0.2) is 18.2 Å². The van der Waals surface area contributed by atoms with Crippen LogP contribution >= 0.6 is 23.2 Å². The quantitative estimate of drug-likeness (QED) is 0.374. The number of hydrogen-bond acceptors (Lipinski definition) is 4. The van der Waals surface area contributed by atoms with Crippen molar-refractivity contribution in [3.8, 4) is 5.75 Å². The number of carbonyl (C=O) groups excluding carboxylic acids is 1. The highest BCUT2D eigenvalue weighted by atomic mass is 35.5. The summed E-state index contributed by atoms with van der Waals surface area (Å²) in [7, 11) is 0. The number of anilines is 1. The molecular weight excluding hydrogens is 468 g/mol. The lowest BCUT2D eigenvalue weighted by molar-refractivity contribution is 0.101. The van der Waals surface area contributed by atoms with E-state index in [9.17, 15) is 9.18 Å². The molecule has 0 radical (unpaired) electrons. The van der Waals surface area contributed by atoms with Gasteiger partial charge >= 0.3 is 0 Å². The lowest BCUT2D eigenvalue weighted by atomic mass is 10.1. The van der Waals surface area contributed by atoms with Gasteiger partial charge in [0.1, 0.15) is 11.6 Å². The Morgan fingerprint density at radius 1 is 1.06 bits per heavy atom. The predicted octanol–water partition coefficient (Wildman–Crippen LogP) is 5.48. The zero-order chi connectivity index (χ0) is 23.5. The van der Waals surface area contributed by atoms with Crippen LogP contribution in [0.1, 0.15) is 27.2 Å². The lowest BCUT2D eigenvalue weighted by Gasteiger charge is -2.10. The van der Waals surface area contributed by atoms with E-state index in [-0.39, 0.29) is 19.0 Å². The number of amides is 1. The van der Waals surface area contributed by atoms with E-state index in [1.807, 2.05) is 26.0 Å². The average Bonchev–Trinajstić information content (AvgIpc) is 3.43. The Morgan fingerprint density at radius 3 is 2.52 bits per heavy atom. The molecule has 1 N–H and O–H groups in total. The fourth-order valence-corrected chi connectivity index (χ4v) is 3.56. The zero-order valence-electron chi connectivity index (χ0n) is 17.8. The molecule has 2 aromatic heterocycles. The second kappa shape index (κ2) is 9.64. The number of nitrogens with one attached hydrogen (secondary N) is 1. The minimum absolute atomic E-state index is 0.131. The van der Waals surface area contributed by atoms with Gasteiger partial charge in [-0.15, -0.1) is 0 Å². The molecule has 2 heterocycles. The Labute approximate surface area is 199 Å². The summed E-state index contributed by atoms with van der Waals surface area (Å²) in [5.41, 5.74) is 2.37. The van der Waals surface area contributed by atoms with Gasteiger partial charge in [0.2, 0.25) is 0 Å². The second-order valence-corrected chi connectivity index (χ2v) is 8.22. The highest BCUT2D eigenvalue weighted by Gasteiger charge is 2.13. The molecule has 0 fully saturated rings. The van der Waals surface area contributed by atoms with Crippen molar-refractivity contribution in [2.45, 2.75) is 27.1 Å². The third kappa shape index (κ3) is 5.35. The van der Waals surface area contributed by atoms with Gasteiger partial charge < -0.3 is 10.1 Å². The normalized spacial score (nSPS) is 10.9. The zero-order valence-corrected chi connectivity index (χ0v) is 19.4. The molecule has 0 spiro atoms. The molecule has 0 aliphatic carbocycles. The van der Waals surface area contributed by atoms with Gasteiger partial charge in [0, 0.05) is 34.1 Å². The van der Waals surface area contributed by atoms with E-state index in [1.54, 1.807) is 30.6 Å². The number of hydrogen-bond donors (Lipinski definition) is 1. The molecule has 0 saturated heterocycles. The molecule has 0 unspecified atom stereocenters. The summed E-state index contributed by atoms with van der Waals surface area (Å²) in [4.78, 5) is 12.5. The van der Waals surface area contributed by atoms with Crippen molar-refractivity contribution in [2.75, 3.05) is 5.32 Å².